The Kier molecular flexibility index (Phi) is 4.77. The quantitative estimate of drug-likeness (QED) is 0.491. The summed E-state index contributed by atoms with van der Waals surface area (Å²) < 4.78 is 2.17. The Morgan fingerprint density at radius 3 is 2.60 bits per heavy atom. The van der Waals surface area contributed by atoms with Gasteiger partial charge in [-0.1, -0.05) is 18.2 Å². The molecule has 3 aromatic heterocycles. The van der Waals surface area contributed by atoms with Gasteiger partial charge in [0.2, 0.25) is 0 Å². The molecule has 0 radical (unpaired) electrons. The molecule has 0 aliphatic carbocycles. The van der Waals surface area contributed by atoms with Gasteiger partial charge >= 0.3 is 0 Å². The number of nitrogens with one attached hydrogen (secondary N) is 1. The number of hydrogen-bond donors (Lipinski definition) is 1. The first kappa shape index (κ1) is 18.5. The second-order valence-corrected chi connectivity index (χ2v) is 7.74. The SMILES string of the molecule is Cc1cccc(N2C(=S)N[C@@H](c3ccccn3)[C@@H]2c2cccn2-c2cccnc2)c1. The molecule has 1 aromatic carbocycles. The van der Waals surface area contributed by atoms with Crippen molar-refractivity contribution in [2.24, 2.45) is 0 Å². The van der Waals surface area contributed by atoms with Crippen molar-refractivity contribution in [1.29, 1.82) is 0 Å². The zero-order valence-corrected chi connectivity index (χ0v) is 17.3. The van der Waals surface area contributed by atoms with Gasteiger partial charge in [-0.2, -0.15) is 0 Å². The van der Waals surface area contributed by atoms with E-state index in [0.29, 0.717) is 5.11 Å². The number of thiocarbonyl (C=S) groups is 1. The number of pyridine rings is 2. The Morgan fingerprint density at radius 1 is 0.933 bits per heavy atom. The largest absolute Gasteiger partial charge is 0.351 e. The van der Waals surface area contributed by atoms with Crippen molar-refractivity contribution in [1.82, 2.24) is 19.9 Å². The molecule has 0 amide bonds. The lowest BCUT2D eigenvalue weighted by Gasteiger charge is -2.29. The Bertz CT molecular complexity index is 1170. The summed E-state index contributed by atoms with van der Waals surface area (Å²) in [6.45, 7) is 2.10. The molecule has 0 bridgehead atoms. The molecule has 6 heteroatoms. The van der Waals surface area contributed by atoms with E-state index in [9.17, 15) is 0 Å². The second-order valence-electron chi connectivity index (χ2n) is 7.35. The van der Waals surface area contributed by atoms with Crippen molar-refractivity contribution in [3.63, 3.8) is 0 Å². The highest BCUT2D eigenvalue weighted by Gasteiger charge is 2.42. The molecule has 1 fully saturated rings. The summed E-state index contributed by atoms with van der Waals surface area (Å²) in [7, 11) is 0. The summed E-state index contributed by atoms with van der Waals surface area (Å²) >= 11 is 5.82. The van der Waals surface area contributed by atoms with E-state index in [1.807, 2.05) is 36.7 Å². The summed E-state index contributed by atoms with van der Waals surface area (Å²) in [6.07, 6.45) is 7.55. The van der Waals surface area contributed by atoms with Crippen LogP contribution in [0.15, 0.2) is 91.5 Å². The average Bonchev–Trinajstić information content (AvgIpc) is 3.39. The molecule has 1 saturated heterocycles. The fourth-order valence-electron chi connectivity index (χ4n) is 4.08. The highest BCUT2D eigenvalue weighted by Crippen LogP contribution is 2.42. The molecule has 1 aliphatic rings. The molecule has 4 heterocycles. The maximum absolute atomic E-state index is 5.82. The first-order chi connectivity index (χ1) is 14.7. The molecule has 1 aliphatic heterocycles. The van der Waals surface area contributed by atoms with Crippen LogP contribution in [0, 0.1) is 6.92 Å². The van der Waals surface area contributed by atoms with Crippen LogP contribution < -0.4 is 10.2 Å². The van der Waals surface area contributed by atoms with Crippen molar-refractivity contribution in [2.75, 3.05) is 4.90 Å². The predicted octanol–water partition coefficient (Wildman–Crippen LogP) is 4.75. The van der Waals surface area contributed by atoms with Gasteiger partial charge in [-0.15, -0.1) is 0 Å². The lowest BCUT2D eigenvalue weighted by molar-refractivity contribution is 0.549. The molecule has 2 atom stereocenters. The first-order valence-electron chi connectivity index (χ1n) is 9.87. The molecule has 4 aromatic rings. The first-order valence-corrected chi connectivity index (χ1v) is 10.3. The Hall–Kier alpha value is -3.51. The van der Waals surface area contributed by atoms with Crippen LogP contribution in [0.3, 0.4) is 0 Å². The molecule has 0 unspecified atom stereocenters. The summed E-state index contributed by atoms with van der Waals surface area (Å²) in [5.41, 5.74) is 5.35. The smallest absolute Gasteiger partial charge is 0.174 e. The number of benzene rings is 1. The van der Waals surface area contributed by atoms with Crippen LogP contribution in [-0.4, -0.2) is 19.6 Å². The van der Waals surface area contributed by atoms with Gasteiger partial charge in [0.25, 0.3) is 0 Å². The minimum Gasteiger partial charge on any atom is -0.351 e. The lowest BCUT2D eigenvalue weighted by Crippen LogP contribution is -2.30. The molecule has 5 rings (SSSR count). The maximum atomic E-state index is 5.82. The van der Waals surface area contributed by atoms with Crippen molar-refractivity contribution in [3.05, 3.63) is 108 Å². The number of anilines is 1. The van der Waals surface area contributed by atoms with Gasteiger partial charge in [0.05, 0.1) is 23.6 Å². The predicted molar refractivity (Wildman–Crippen MR) is 123 cm³/mol. The van der Waals surface area contributed by atoms with E-state index in [1.165, 1.54) is 5.56 Å². The zero-order chi connectivity index (χ0) is 20.5. The van der Waals surface area contributed by atoms with Gasteiger partial charge in [-0.3, -0.25) is 9.97 Å². The molecular weight excluding hydrogens is 390 g/mol. The van der Waals surface area contributed by atoms with Crippen LogP contribution in [0.1, 0.15) is 29.0 Å². The van der Waals surface area contributed by atoms with Gasteiger partial charge in [0, 0.05) is 30.0 Å². The van der Waals surface area contributed by atoms with Crippen molar-refractivity contribution in [3.8, 4) is 5.69 Å². The van der Waals surface area contributed by atoms with Crippen LogP contribution in [-0.2, 0) is 0 Å². The van der Waals surface area contributed by atoms with Gasteiger partial charge < -0.3 is 14.8 Å². The third-order valence-electron chi connectivity index (χ3n) is 5.39. The third-order valence-corrected chi connectivity index (χ3v) is 5.70. The summed E-state index contributed by atoms with van der Waals surface area (Å²) in [6, 6.07) is 22.5. The van der Waals surface area contributed by atoms with Crippen LogP contribution in [0.2, 0.25) is 0 Å². The van der Waals surface area contributed by atoms with Crippen LogP contribution >= 0.6 is 12.2 Å². The Morgan fingerprint density at radius 2 is 1.83 bits per heavy atom. The van der Waals surface area contributed by atoms with E-state index in [4.69, 9.17) is 12.2 Å². The highest BCUT2D eigenvalue weighted by atomic mass is 32.1. The summed E-state index contributed by atoms with van der Waals surface area (Å²) in [5.74, 6) is 0. The number of nitrogens with zero attached hydrogens (tertiary/aromatic N) is 4. The van der Waals surface area contributed by atoms with Crippen molar-refractivity contribution in [2.45, 2.75) is 19.0 Å². The highest BCUT2D eigenvalue weighted by molar-refractivity contribution is 7.80. The van der Waals surface area contributed by atoms with E-state index in [0.717, 1.165) is 22.8 Å². The van der Waals surface area contributed by atoms with Gasteiger partial charge in [0.15, 0.2) is 5.11 Å². The van der Waals surface area contributed by atoms with Crippen molar-refractivity contribution < 1.29 is 0 Å². The normalized spacial score (nSPS) is 18.4. The van der Waals surface area contributed by atoms with E-state index >= 15 is 0 Å². The topological polar surface area (TPSA) is 46.0 Å². The number of aromatic nitrogens is 3. The average molecular weight is 412 g/mol. The van der Waals surface area contributed by atoms with E-state index in [1.54, 1.807) is 6.20 Å². The fraction of sp³-hybridized carbons (Fsp3) is 0.125. The standard InChI is InChI=1S/C24H21N5S/c1-17-7-4-8-18(15-17)29-23(22(27-24(29)30)20-10-2-3-13-26-20)21-11-6-14-28(21)19-9-5-12-25-16-19/h2-16,22-23H,1H3,(H,27,30)/t22-,23-/m0/s1. The Labute approximate surface area is 181 Å². The molecule has 5 nitrogen and oxygen atoms in total. The molecule has 148 valence electrons. The summed E-state index contributed by atoms with van der Waals surface area (Å²) in [4.78, 5) is 11.1. The van der Waals surface area contributed by atoms with Crippen LogP contribution in [0.25, 0.3) is 5.69 Å². The maximum Gasteiger partial charge on any atom is 0.174 e. The zero-order valence-electron chi connectivity index (χ0n) is 16.5. The molecule has 30 heavy (non-hydrogen) atoms. The minimum atomic E-state index is -0.0791. The fourth-order valence-corrected chi connectivity index (χ4v) is 4.42. The van der Waals surface area contributed by atoms with E-state index < -0.39 is 0 Å². The number of aryl methyl sites for hydroxylation is 1. The van der Waals surface area contributed by atoms with Crippen LogP contribution in [0.4, 0.5) is 5.69 Å². The van der Waals surface area contributed by atoms with Crippen LogP contribution in [0.5, 0.6) is 0 Å². The molecule has 0 spiro atoms. The molecular formula is C24H21N5S. The van der Waals surface area contributed by atoms with Gasteiger partial charge in [-0.25, -0.2) is 0 Å². The number of rotatable bonds is 4. The summed E-state index contributed by atoms with van der Waals surface area (Å²) in [5, 5.41) is 4.22. The lowest BCUT2D eigenvalue weighted by atomic mass is 10.0. The minimum absolute atomic E-state index is 0.0654. The van der Waals surface area contributed by atoms with Gasteiger partial charge in [0.1, 0.15) is 6.04 Å². The van der Waals surface area contributed by atoms with E-state index in [2.05, 4.69) is 80.3 Å². The van der Waals surface area contributed by atoms with Crippen molar-refractivity contribution >= 4 is 23.0 Å². The molecule has 1 N–H and O–H groups in total. The third kappa shape index (κ3) is 3.25. The molecule has 0 saturated carbocycles. The Balaban J connectivity index is 1.68. The van der Waals surface area contributed by atoms with Gasteiger partial charge in [-0.05, 0) is 73.2 Å². The van der Waals surface area contributed by atoms with E-state index in [-0.39, 0.29) is 12.1 Å². The second kappa shape index (κ2) is 7.72. The monoisotopic (exact) mass is 411 g/mol. The number of hydrogen-bond acceptors (Lipinski definition) is 3.